The molecule has 0 saturated carbocycles. The van der Waals surface area contributed by atoms with E-state index in [0.717, 1.165) is 28.3 Å². The molecule has 2 N–H and O–H groups in total. The summed E-state index contributed by atoms with van der Waals surface area (Å²) in [5, 5.41) is 14.6. The van der Waals surface area contributed by atoms with Crippen LogP contribution in [0, 0.1) is 13.8 Å². The van der Waals surface area contributed by atoms with Crippen molar-refractivity contribution in [1.29, 1.82) is 0 Å². The van der Waals surface area contributed by atoms with E-state index in [1.165, 1.54) is 11.1 Å². The topological polar surface area (TPSA) is 32.3 Å². The number of halogens is 1. The Morgan fingerprint density at radius 1 is 1.10 bits per heavy atom. The smallest absolute Gasteiger partial charge is 0.121 e. The first kappa shape index (κ1) is 14.3. The third-order valence-corrected chi connectivity index (χ3v) is 4.77. The van der Waals surface area contributed by atoms with E-state index in [4.69, 9.17) is 11.6 Å². The van der Waals surface area contributed by atoms with Crippen molar-refractivity contribution in [2.45, 2.75) is 39.2 Å². The largest absolute Gasteiger partial charge is 0.508 e. The van der Waals surface area contributed by atoms with Gasteiger partial charge in [0.2, 0.25) is 0 Å². The Morgan fingerprint density at radius 2 is 1.86 bits per heavy atom. The number of para-hydroxylation sites is 1. The second-order valence-corrected chi connectivity index (χ2v) is 6.40. The molecular weight excluding hydrogens is 282 g/mol. The van der Waals surface area contributed by atoms with E-state index in [0.29, 0.717) is 11.7 Å². The molecule has 0 fully saturated rings. The highest BCUT2D eigenvalue weighted by Gasteiger charge is 2.32. The monoisotopic (exact) mass is 301 g/mol. The summed E-state index contributed by atoms with van der Waals surface area (Å²) in [6.07, 6.45) is 0.971. The Kier molecular flexibility index (Phi) is 3.58. The molecule has 0 bridgehead atoms. The van der Waals surface area contributed by atoms with Gasteiger partial charge in [-0.05, 0) is 55.0 Å². The minimum absolute atomic E-state index is 0.105. The normalized spacial score (nSPS) is 20.4. The van der Waals surface area contributed by atoms with E-state index in [1.54, 1.807) is 6.07 Å². The average molecular weight is 302 g/mol. The van der Waals surface area contributed by atoms with Gasteiger partial charge in [0.05, 0.1) is 16.8 Å². The summed E-state index contributed by atoms with van der Waals surface area (Å²) >= 11 is 6.32. The van der Waals surface area contributed by atoms with E-state index >= 15 is 0 Å². The van der Waals surface area contributed by atoms with Crippen LogP contribution in [0.25, 0.3) is 0 Å². The van der Waals surface area contributed by atoms with Gasteiger partial charge in [-0.1, -0.05) is 36.7 Å². The standard InChI is InChI=1S/C18H20ClNO/c1-10-7-8-15(21)17-14(9-12(3)16(10)17)20-18-11(2)5-4-6-13(18)19/h4-8,12,14,20-21H,9H2,1-3H3. The SMILES string of the molecule is Cc1cccc(Cl)c1NC1CC(C)c2c(C)ccc(O)c21. The lowest BCUT2D eigenvalue weighted by Crippen LogP contribution is -2.09. The first-order valence-corrected chi connectivity index (χ1v) is 7.71. The van der Waals surface area contributed by atoms with Crippen molar-refractivity contribution >= 4 is 17.3 Å². The number of phenolic OH excluding ortho intramolecular Hbond substituents is 1. The van der Waals surface area contributed by atoms with Gasteiger partial charge in [-0.15, -0.1) is 0 Å². The highest BCUT2D eigenvalue weighted by molar-refractivity contribution is 6.33. The van der Waals surface area contributed by atoms with Gasteiger partial charge < -0.3 is 10.4 Å². The lowest BCUT2D eigenvalue weighted by atomic mass is 9.97. The van der Waals surface area contributed by atoms with Crippen molar-refractivity contribution in [3.05, 3.63) is 57.6 Å². The van der Waals surface area contributed by atoms with E-state index < -0.39 is 0 Å². The molecule has 2 atom stereocenters. The Morgan fingerprint density at radius 3 is 2.57 bits per heavy atom. The van der Waals surface area contributed by atoms with Gasteiger partial charge >= 0.3 is 0 Å². The predicted molar refractivity (Wildman–Crippen MR) is 88.4 cm³/mol. The zero-order valence-corrected chi connectivity index (χ0v) is 13.3. The highest BCUT2D eigenvalue weighted by Crippen LogP contribution is 2.48. The number of nitrogens with one attached hydrogen (secondary N) is 1. The molecule has 0 radical (unpaired) electrons. The van der Waals surface area contributed by atoms with Crippen LogP contribution in [-0.2, 0) is 0 Å². The van der Waals surface area contributed by atoms with Crippen LogP contribution in [0.2, 0.25) is 5.02 Å². The molecule has 0 aliphatic heterocycles. The van der Waals surface area contributed by atoms with Gasteiger partial charge in [0.15, 0.2) is 0 Å². The number of phenols is 1. The second kappa shape index (κ2) is 5.27. The van der Waals surface area contributed by atoms with Crippen LogP contribution >= 0.6 is 11.6 Å². The minimum atomic E-state index is 0.105. The highest BCUT2D eigenvalue weighted by atomic mass is 35.5. The lowest BCUT2D eigenvalue weighted by Gasteiger charge is -2.19. The molecule has 2 unspecified atom stereocenters. The van der Waals surface area contributed by atoms with E-state index in [-0.39, 0.29) is 6.04 Å². The fraction of sp³-hybridized carbons (Fsp3) is 0.333. The maximum Gasteiger partial charge on any atom is 0.121 e. The van der Waals surface area contributed by atoms with E-state index in [9.17, 15) is 5.11 Å². The number of benzene rings is 2. The van der Waals surface area contributed by atoms with Crippen molar-refractivity contribution < 1.29 is 5.11 Å². The first-order chi connectivity index (χ1) is 9.99. The van der Waals surface area contributed by atoms with Crippen molar-refractivity contribution in [3.63, 3.8) is 0 Å². The number of fused-ring (bicyclic) bond motifs is 1. The molecule has 3 rings (SSSR count). The number of aryl methyl sites for hydroxylation is 2. The molecule has 1 aliphatic rings. The van der Waals surface area contributed by atoms with Crippen molar-refractivity contribution in [2.24, 2.45) is 0 Å². The number of anilines is 1. The Hall–Kier alpha value is -1.67. The minimum Gasteiger partial charge on any atom is -0.508 e. The molecule has 0 spiro atoms. The van der Waals surface area contributed by atoms with E-state index in [1.807, 2.05) is 31.2 Å². The van der Waals surface area contributed by atoms with Gasteiger partial charge in [0.25, 0.3) is 0 Å². The van der Waals surface area contributed by atoms with Gasteiger partial charge in [-0.25, -0.2) is 0 Å². The number of hydrogen-bond donors (Lipinski definition) is 2. The van der Waals surface area contributed by atoms with Gasteiger partial charge in [0.1, 0.15) is 5.75 Å². The molecule has 0 aromatic heterocycles. The summed E-state index contributed by atoms with van der Waals surface area (Å²) in [5.41, 5.74) is 5.63. The molecule has 0 saturated heterocycles. The van der Waals surface area contributed by atoms with Gasteiger partial charge in [-0.2, -0.15) is 0 Å². The number of hydrogen-bond acceptors (Lipinski definition) is 2. The molecule has 2 aromatic carbocycles. The zero-order chi connectivity index (χ0) is 15.1. The van der Waals surface area contributed by atoms with Crippen molar-refractivity contribution in [2.75, 3.05) is 5.32 Å². The Labute approximate surface area is 130 Å². The maximum atomic E-state index is 10.3. The maximum absolute atomic E-state index is 10.3. The molecule has 110 valence electrons. The zero-order valence-electron chi connectivity index (χ0n) is 12.6. The predicted octanol–water partition coefficient (Wildman–Crippen LogP) is 5.32. The Balaban J connectivity index is 2.03. The molecule has 3 heteroatoms. The molecule has 2 aromatic rings. The third-order valence-electron chi connectivity index (χ3n) is 4.45. The van der Waals surface area contributed by atoms with Crippen LogP contribution in [0.15, 0.2) is 30.3 Å². The molecular formula is C18H20ClNO. The van der Waals surface area contributed by atoms with Crippen LogP contribution < -0.4 is 5.32 Å². The van der Waals surface area contributed by atoms with Crippen molar-refractivity contribution in [1.82, 2.24) is 0 Å². The summed E-state index contributed by atoms with van der Waals surface area (Å²) in [7, 11) is 0. The molecule has 21 heavy (non-hydrogen) atoms. The molecule has 2 nitrogen and oxygen atoms in total. The number of aromatic hydroxyl groups is 1. The quantitative estimate of drug-likeness (QED) is 0.786. The summed E-state index contributed by atoms with van der Waals surface area (Å²) in [6, 6.07) is 9.79. The Bertz CT molecular complexity index is 676. The molecule has 1 aliphatic carbocycles. The van der Waals surface area contributed by atoms with Crippen LogP contribution in [0.4, 0.5) is 5.69 Å². The first-order valence-electron chi connectivity index (χ1n) is 7.33. The van der Waals surface area contributed by atoms with Crippen molar-refractivity contribution in [3.8, 4) is 5.75 Å². The second-order valence-electron chi connectivity index (χ2n) is 5.99. The van der Waals surface area contributed by atoms with Gasteiger partial charge in [-0.3, -0.25) is 0 Å². The molecule has 0 heterocycles. The fourth-order valence-electron chi connectivity index (χ4n) is 3.46. The van der Waals surface area contributed by atoms with Crippen LogP contribution in [-0.4, -0.2) is 5.11 Å². The van der Waals surface area contributed by atoms with Crippen LogP contribution in [0.1, 0.15) is 47.6 Å². The summed E-state index contributed by atoms with van der Waals surface area (Å²) in [5.74, 6) is 0.814. The lowest BCUT2D eigenvalue weighted by molar-refractivity contribution is 0.465. The van der Waals surface area contributed by atoms with Crippen LogP contribution in [0.3, 0.4) is 0 Å². The summed E-state index contributed by atoms with van der Waals surface area (Å²) in [6.45, 7) is 6.37. The average Bonchev–Trinajstić information content (AvgIpc) is 2.77. The summed E-state index contributed by atoms with van der Waals surface area (Å²) < 4.78 is 0. The van der Waals surface area contributed by atoms with Gasteiger partial charge in [0, 0.05) is 5.56 Å². The van der Waals surface area contributed by atoms with Crippen LogP contribution in [0.5, 0.6) is 5.75 Å². The van der Waals surface area contributed by atoms with E-state index in [2.05, 4.69) is 19.2 Å². The number of rotatable bonds is 2. The fourth-order valence-corrected chi connectivity index (χ4v) is 3.74. The third kappa shape index (κ3) is 2.38. The summed E-state index contributed by atoms with van der Waals surface area (Å²) in [4.78, 5) is 0. The molecule has 0 amide bonds.